The Labute approximate surface area is 496 Å². The van der Waals surface area contributed by atoms with Crippen LogP contribution in [-0.4, -0.2) is 24.1 Å². The number of benzene rings is 12. The van der Waals surface area contributed by atoms with Crippen molar-refractivity contribution < 1.29 is 0 Å². The molecule has 8 heteroatoms. The molecule has 0 aliphatic carbocycles. The number of rotatable bonds is 10. The molecule has 0 aliphatic rings. The quantitative estimate of drug-likeness (QED) is 0.128. The first-order chi connectivity index (χ1) is 42.5. The number of para-hydroxylation sites is 2. The average molecular weight is 1100 g/mol. The van der Waals surface area contributed by atoms with Crippen LogP contribution in [0.15, 0.2) is 279 Å². The predicted octanol–water partition coefficient (Wildman–Crippen LogP) is 20.4. The van der Waals surface area contributed by atoms with E-state index in [4.69, 9.17) is 28.1 Å². The van der Waals surface area contributed by atoms with Gasteiger partial charge in [-0.1, -0.05) is 200 Å². The number of nitriles is 1. The van der Waals surface area contributed by atoms with Crippen molar-refractivity contribution in [3.63, 3.8) is 0 Å². The molecule has 0 saturated carbocycles. The van der Waals surface area contributed by atoms with E-state index >= 15 is 0 Å². The van der Waals surface area contributed by atoms with Crippen molar-refractivity contribution in [1.29, 1.82) is 5.26 Å². The van der Waals surface area contributed by atoms with Gasteiger partial charge in [-0.2, -0.15) is 5.26 Å². The second kappa shape index (κ2) is 21.2. The van der Waals surface area contributed by atoms with E-state index in [9.17, 15) is 5.26 Å². The van der Waals surface area contributed by atoms with Gasteiger partial charge in [0.1, 0.15) is 0 Å². The zero-order valence-electron chi connectivity index (χ0n) is 46.1. The minimum absolute atomic E-state index is 0.464. The SMILES string of the molecule is [C-]#[N+]c1ccc(-c2ccc(-c3nc(-c4ccc(-c5cccc([N+]#[C-])c5)cc4)nc(-c4ccc(-c5ccc(C#N)cc5)cc4-n4c5ccccc5c5cc(-c6ccccc6)ccc54)n3)c(-n3c4ccccc4c4cc(-c5ccccc5)ccc43)c2)cc1. The number of fused-ring (bicyclic) bond motifs is 6. The highest BCUT2D eigenvalue weighted by molar-refractivity contribution is 6.12. The molecule has 0 bridgehead atoms. The molecular formula is C78H46N8. The smallest absolute Gasteiger partial charge is 0.187 e. The Bertz CT molecular complexity index is 5010. The standard InChI is InChI=1S/C78H46N8/c1-80-62-38-32-55(33-39-62)61-35-41-67(75(48-61)86-71-23-12-10-21-65(71)69-46-59(37-43-73(69)86)52-16-7-4-8-17-52)78-83-76(56-30-28-54(29-31-56)57-18-13-19-63(44-57)81-2)82-77(84-78)66-40-34-60(53-26-24-50(49-79)25-27-53)47-74(66)85-70-22-11-9-20-64(70)68-45-58(36-42-72(68)85)51-14-5-3-6-15-51/h3-48H. The maximum absolute atomic E-state index is 9.82. The Morgan fingerprint density at radius 3 is 1.16 bits per heavy atom. The highest BCUT2D eigenvalue weighted by Crippen LogP contribution is 2.43. The molecule has 0 fully saturated rings. The van der Waals surface area contributed by atoms with Crippen LogP contribution in [-0.2, 0) is 0 Å². The lowest BCUT2D eigenvalue weighted by molar-refractivity contribution is 1.06. The Kier molecular flexibility index (Phi) is 12.5. The van der Waals surface area contributed by atoms with Crippen LogP contribution in [0, 0.1) is 24.5 Å². The third-order valence-electron chi connectivity index (χ3n) is 16.3. The number of aromatic nitrogens is 5. The van der Waals surface area contributed by atoms with E-state index in [1.807, 2.05) is 97.1 Å². The molecule has 8 nitrogen and oxygen atoms in total. The van der Waals surface area contributed by atoms with E-state index < -0.39 is 0 Å². The summed E-state index contributed by atoms with van der Waals surface area (Å²) in [6, 6.07) is 97.9. The van der Waals surface area contributed by atoms with Crippen molar-refractivity contribution in [2.75, 3.05) is 0 Å². The molecular weight excluding hydrogens is 1050 g/mol. The lowest BCUT2D eigenvalue weighted by Gasteiger charge is -2.18. The van der Waals surface area contributed by atoms with Crippen molar-refractivity contribution in [2.24, 2.45) is 0 Å². The third kappa shape index (κ3) is 8.99. The summed E-state index contributed by atoms with van der Waals surface area (Å²) in [6.07, 6.45) is 0. The van der Waals surface area contributed by atoms with Crippen LogP contribution in [0.3, 0.4) is 0 Å². The number of nitrogens with zero attached hydrogens (tertiary/aromatic N) is 8. The van der Waals surface area contributed by atoms with Gasteiger partial charge >= 0.3 is 0 Å². The zero-order valence-corrected chi connectivity index (χ0v) is 46.1. The molecule has 12 aromatic carbocycles. The van der Waals surface area contributed by atoms with E-state index in [2.05, 4.69) is 207 Å². The average Bonchev–Trinajstić information content (AvgIpc) is 2.21. The van der Waals surface area contributed by atoms with Crippen molar-refractivity contribution in [2.45, 2.75) is 0 Å². The van der Waals surface area contributed by atoms with Gasteiger partial charge < -0.3 is 9.13 Å². The van der Waals surface area contributed by atoms with Crippen LogP contribution >= 0.6 is 0 Å². The van der Waals surface area contributed by atoms with Gasteiger partial charge in [-0.25, -0.2) is 24.6 Å². The summed E-state index contributed by atoms with van der Waals surface area (Å²) in [7, 11) is 0. The molecule has 15 aromatic rings. The van der Waals surface area contributed by atoms with Gasteiger partial charge in [-0.15, -0.1) is 0 Å². The van der Waals surface area contributed by atoms with Gasteiger partial charge in [-0.05, 0) is 134 Å². The lowest BCUT2D eigenvalue weighted by Crippen LogP contribution is -2.06. The monoisotopic (exact) mass is 1090 g/mol. The Morgan fingerprint density at radius 1 is 0.291 bits per heavy atom. The van der Waals surface area contributed by atoms with Gasteiger partial charge in [0.2, 0.25) is 0 Å². The summed E-state index contributed by atoms with van der Waals surface area (Å²) >= 11 is 0. The van der Waals surface area contributed by atoms with Crippen LogP contribution in [0.2, 0.25) is 0 Å². The van der Waals surface area contributed by atoms with Crippen LogP contribution in [0.25, 0.3) is 154 Å². The van der Waals surface area contributed by atoms with Crippen molar-refractivity contribution in [3.8, 4) is 107 Å². The summed E-state index contributed by atoms with van der Waals surface area (Å²) in [5.41, 5.74) is 20.1. The molecule has 15 rings (SSSR count). The summed E-state index contributed by atoms with van der Waals surface area (Å²) in [4.78, 5) is 24.1. The molecule has 0 amide bonds. The topological polar surface area (TPSA) is 81.0 Å². The molecule has 398 valence electrons. The Hall–Kier alpha value is -12.3. The van der Waals surface area contributed by atoms with Crippen LogP contribution in [0.1, 0.15) is 5.56 Å². The fourth-order valence-electron chi connectivity index (χ4n) is 12.0. The molecule has 0 radical (unpaired) electrons. The van der Waals surface area contributed by atoms with E-state index in [-0.39, 0.29) is 0 Å². The highest BCUT2D eigenvalue weighted by atomic mass is 15.1. The molecule has 0 spiro atoms. The van der Waals surface area contributed by atoms with Gasteiger partial charge in [0.05, 0.1) is 58.2 Å². The number of hydrogen-bond donors (Lipinski definition) is 0. The molecule has 0 N–H and O–H groups in total. The summed E-state index contributed by atoms with van der Waals surface area (Å²) < 4.78 is 4.67. The second-order valence-electron chi connectivity index (χ2n) is 21.3. The molecule has 0 unspecified atom stereocenters. The molecule has 86 heavy (non-hydrogen) atoms. The van der Waals surface area contributed by atoms with Gasteiger partial charge in [-0.3, -0.25) is 0 Å². The molecule has 3 aromatic heterocycles. The van der Waals surface area contributed by atoms with E-state index in [0.717, 1.165) is 127 Å². The van der Waals surface area contributed by atoms with E-state index in [1.54, 1.807) is 0 Å². The van der Waals surface area contributed by atoms with Gasteiger partial charge in [0, 0.05) is 38.2 Å². The van der Waals surface area contributed by atoms with Crippen molar-refractivity contribution in [1.82, 2.24) is 24.1 Å². The lowest BCUT2D eigenvalue weighted by atomic mass is 9.99. The maximum Gasteiger partial charge on any atom is 0.187 e. The van der Waals surface area contributed by atoms with Gasteiger partial charge in [0.25, 0.3) is 0 Å². The second-order valence-corrected chi connectivity index (χ2v) is 21.3. The Balaban J connectivity index is 1.01. The normalized spacial score (nSPS) is 11.2. The molecule has 0 atom stereocenters. The summed E-state index contributed by atoms with van der Waals surface area (Å²) in [6.45, 7) is 15.4. The molecule has 0 saturated heterocycles. The summed E-state index contributed by atoms with van der Waals surface area (Å²) in [5.74, 6) is 1.40. The van der Waals surface area contributed by atoms with Crippen molar-refractivity contribution >= 4 is 55.0 Å². The van der Waals surface area contributed by atoms with Crippen molar-refractivity contribution in [3.05, 3.63) is 307 Å². The first-order valence-corrected chi connectivity index (χ1v) is 28.3. The van der Waals surface area contributed by atoms with Crippen LogP contribution in [0.5, 0.6) is 0 Å². The molecule has 0 aliphatic heterocycles. The summed E-state index contributed by atoms with van der Waals surface area (Å²) in [5, 5.41) is 14.2. The third-order valence-corrected chi connectivity index (χ3v) is 16.3. The molecule has 3 heterocycles. The van der Waals surface area contributed by atoms with Crippen LogP contribution < -0.4 is 0 Å². The van der Waals surface area contributed by atoms with Crippen LogP contribution in [0.4, 0.5) is 11.4 Å². The minimum atomic E-state index is 0.464. The van der Waals surface area contributed by atoms with E-state index in [0.29, 0.717) is 34.4 Å². The van der Waals surface area contributed by atoms with Gasteiger partial charge in [0.15, 0.2) is 28.8 Å². The Morgan fingerprint density at radius 2 is 0.663 bits per heavy atom. The predicted molar refractivity (Wildman–Crippen MR) is 349 cm³/mol. The maximum atomic E-state index is 9.82. The zero-order chi connectivity index (χ0) is 57.7. The first-order valence-electron chi connectivity index (χ1n) is 28.3. The number of hydrogen-bond acceptors (Lipinski definition) is 4. The highest BCUT2D eigenvalue weighted by Gasteiger charge is 2.24. The fourth-order valence-corrected chi connectivity index (χ4v) is 12.0. The fraction of sp³-hybridized carbons (Fsp3) is 0. The first kappa shape index (κ1) is 50.7. The van der Waals surface area contributed by atoms with E-state index in [1.165, 1.54) is 0 Å². The largest absolute Gasteiger partial charge is 0.308 e. The minimum Gasteiger partial charge on any atom is -0.308 e.